The van der Waals surface area contributed by atoms with Crippen LogP contribution in [0, 0.1) is 0 Å². The van der Waals surface area contributed by atoms with Gasteiger partial charge >= 0.3 is 0 Å². The molecular formula is C15H14ClNO3S. The molecule has 2 aromatic rings. The summed E-state index contributed by atoms with van der Waals surface area (Å²) in [5.74, 6) is 0.656. The molecule has 0 amide bonds. The van der Waals surface area contributed by atoms with Gasteiger partial charge in [0, 0.05) is 5.02 Å². The molecule has 0 aromatic heterocycles. The number of anilines is 1. The van der Waals surface area contributed by atoms with Crippen molar-refractivity contribution in [3.8, 4) is 5.75 Å². The van der Waals surface area contributed by atoms with E-state index >= 15 is 0 Å². The topological polar surface area (TPSA) is 55.4 Å². The van der Waals surface area contributed by atoms with Crippen molar-refractivity contribution in [1.82, 2.24) is 0 Å². The maximum absolute atomic E-state index is 12.2. The summed E-state index contributed by atoms with van der Waals surface area (Å²) in [6.07, 6.45) is 0. The van der Waals surface area contributed by atoms with Gasteiger partial charge in [-0.3, -0.25) is 0 Å². The molecule has 1 heterocycles. The van der Waals surface area contributed by atoms with Crippen LogP contribution in [0.5, 0.6) is 5.75 Å². The summed E-state index contributed by atoms with van der Waals surface area (Å²) >= 11 is 6.00. The molecule has 1 aliphatic heterocycles. The van der Waals surface area contributed by atoms with E-state index in [1.54, 1.807) is 37.4 Å². The van der Waals surface area contributed by atoms with E-state index in [2.05, 4.69) is 5.32 Å². The summed E-state index contributed by atoms with van der Waals surface area (Å²) in [6, 6.07) is 11.9. The monoisotopic (exact) mass is 323 g/mol. The molecule has 110 valence electrons. The number of halogens is 1. The molecule has 4 nitrogen and oxygen atoms in total. The number of rotatable bonds is 3. The molecule has 0 saturated heterocycles. The Morgan fingerprint density at radius 2 is 2.00 bits per heavy atom. The average molecular weight is 324 g/mol. The van der Waals surface area contributed by atoms with Gasteiger partial charge in [-0.15, -0.1) is 0 Å². The van der Waals surface area contributed by atoms with Crippen LogP contribution < -0.4 is 10.1 Å². The van der Waals surface area contributed by atoms with E-state index in [4.69, 9.17) is 16.3 Å². The van der Waals surface area contributed by atoms with Gasteiger partial charge in [-0.05, 0) is 29.8 Å². The maximum atomic E-state index is 12.2. The molecule has 1 atom stereocenters. The van der Waals surface area contributed by atoms with Gasteiger partial charge in [-0.2, -0.15) is 0 Å². The molecule has 21 heavy (non-hydrogen) atoms. The van der Waals surface area contributed by atoms with Crippen molar-refractivity contribution < 1.29 is 13.2 Å². The van der Waals surface area contributed by atoms with Gasteiger partial charge in [0.15, 0.2) is 9.84 Å². The van der Waals surface area contributed by atoms with Gasteiger partial charge in [-0.1, -0.05) is 29.8 Å². The molecule has 1 aliphatic rings. The molecule has 0 fully saturated rings. The lowest BCUT2D eigenvalue weighted by Gasteiger charge is -2.17. The first-order chi connectivity index (χ1) is 10.0. The molecule has 0 saturated carbocycles. The minimum Gasteiger partial charge on any atom is -0.495 e. The zero-order valence-electron chi connectivity index (χ0n) is 11.3. The molecule has 0 aliphatic carbocycles. The maximum Gasteiger partial charge on any atom is 0.181 e. The summed E-state index contributed by atoms with van der Waals surface area (Å²) in [5, 5.41) is 3.79. The van der Waals surface area contributed by atoms with E-state index in [1.165, 1.54) is 0 Å². The minimum absolute atomic E-state index is 0.0298. The van der Waals surface area contributed by atoms with Crippen LogP contribution in [0.3, 0.4) is 0 Å². The van der Waals surface area contributed by atoms with Crippen LogP contribution >= 0.6 is 11.6 Å². The number of hydrogen-bond donors (Lipinski definition) is 1. The van der Waals surface area contributed by atoms with Crippen molar-refractivity contribution >= 4 is 27.1 Å². The molecular weight excluding hydrogens is 310 g/mol. The standard InChI is InChI=1S/C15H14ClNO3S/c1-20-14-7-6-10(16)8-12(14)17-13-9-21(18,19)15-5-3-2-4-11(13)15/h2-8,13,17H,9H2,1H3. The van der Waals surface area contributed by atoms with E-state index in [0.29, 0.717) is 21.4 Å². The number of hydrogen-bond acceptors (Lipinski definition) is 4. The Bertz CT molecular complexity index is 789. The van der Waals surface area contributed by atoms with E-state index in [0.717, 1.165) is 5.56 Å². The van der Waals surface area contributed by atoms with Crippen molar-refractivity contribution in [2.45, 2.75) is 10.9 Å². The second-order valence-corrected chi connectivity index (χ2v) is 7.30. The molecule has 2 aromatic carbocycles. The highest BCUT2D eigenvalue weighted by molar-refractivity contribution is 7.91. The second-order valence-electron chi connectivity index (χ2n) is 4.86. The predicted molar refractivity (Wildman–Crippen MR) is 82.9 cm³/mol. The lowest BCUT2D eigenvalue weighted by molar-refractivity contribution is 0.416. The first-order valence-electron chi connectivity index (χ1n) is 6.43. The lowest BCUT2D eigenvalue weighted by Crippen LogP contribution is -2.13. The number of benzene rings is 2. The Morgan fingerprint density at radius 3 is 2.76 bits per heavy atom. The van der Waals surface area contributed by atoms with E-state index < -0.39 is 9.84 Å². The zero-order chi connectivity index (χ0) is 15.0. The van der Waals surface area contributed by atoms with Crippen LogP contribution in [0.4, 0.5) is 5.69 Å². The fourth-order valence-corrected chi connectivity index (χ4v) is 4.46. The van der Waals surface area contributed by atoms with Crippen LogP contribution in [0.1, 0.15) is 11.6 Å². The fourth-order valence-electron chi connectivity index (χ4n) is 2.55. The Hall–Kier alpha value is -1.72. The molecule has 1 N–H and O–H groups in total. The summed E-state index contributed by atoms with van der Waals surface area (Å²) in [7, 11) is -1.68. The number of sulfone groups is 1. The van der Waals surface area contributed by atoms with Gasteiger partial charge < -0.3 is 10.1 Å². The Labute approximate surface area is 128 Å². The molecule has 1 unspecified atom stereocenters. The third-order valence-corrected chi connectivity index (χ3v) is 5.56. The minimum atomic E-state index is -3.24. The van der Waals surface area contributed by atoms with Gasteiger partial charge in [0.1, 0.15) is 5.75 Å². The smallest absolute Gasteiger partial charge is 0.181 e. The zero-order valence-corrected chi connectivity index (χ0v) is 12.9. The first kappa shape index (κ1) is 14.2. The molecule has 0 bridgehead atoms. The number of ether oxygens (including phenoxy) is 1. The van der Waals surface area contributed by atoms with Gasteiger partial charge in [0.2, 0.25) is 0 Å². The van der Waals surface area contributed by atoms with Gasteiger partial charge in [-0.25, -0.2) is 8.42 Å². The molecule has 6 heteroatoms. The first-order valence-corrected chi connectivity index (χ1v) is 8.46. The third-order valence-electron chi connectivity index (χ3n) is 3.51. The van der Waals surface area contributed by atoms with Crippen molar-refractivity contribution in [3.05, 3.63) is 53.1 Å². The number of methoxy groups -OCH3 is 1. The quantitative estimate of drug-likeness (QED) is 0.941. The highest BCUT2D eigenvalue weighted by Crippen LogP contribution is 2.38. The summed E-state index contributed by atoms with van der Waals surface area (Å²) < 4.78 is 29.6. The van der Waals surface area contributed by atoms with Crippen LogP contribution in [-0.4, -0.2) is 21.3 Å². The van der Waals surface area contributed by atoms with Gasteiger partial charge in [0.25, 0.3) is 0 Å². The average Bonchev–Trinajstić information content (AvgIpc) is 2.71. The van der Waals surface area contributed by atoms with E-state index in [9.17, 15) is 8.42 Å². The highest BCUT2D eigenvalue weighted by atomic mass is 35.5. The van der Waals surface area contributed by atoms with E-state index in [1.807, 2.05) is 12.1 Å². The van der Waals surface area contributed by atoms with Crippen LogP contribution in [0.25, 0.3) is 0 Å². The predicted octanol–water partition coefficient (Wildman–Crippen LogP) is 3.29. The largest absolute Gasteiger partial charge is 0.495 e. The Morgan fingerprint density at radius 1 is 1.24 bits per heavy atom. The summed E-state index contributed by atoms with van der Waals surface area (Å²) in [5.41, 5.74) is 1.46. The molecule has 0 radical (unpaired) electrons. The fraction of sp³-hybridized carbons (Fsp3) is 0.200. The molecule has 0 spiro atoms. The van der Waals surface area contributed by atoms with Crippen LogP contribution in [-0.2, 0) is 9.84 Å². The van der Waals surface area contributed by atoms with E-state index in [-0.39, 0.29) is 11.8 Å². The Balaban J connectivity index is 1.99. The van der Waals surface area contributed by atoms with Crippen LogP contribution in [0.15, 0.2) is 47.4 Å². The number of nitrogens with one attached hydrogen (secondary N) is 1. The van der Waals surface area contributed by atoms with Crippen LogP contribution in [0.2, 0.25) is 5.02 Å². The van der Waals surface area contributed by atoms with Crippen molar-refractivity contribution in [2.75, 3.05) is 18.2 Å². The summed E-state index contributed by atoms with van der Waals surface area (Å²) in [4.78, 5) is 0.392. The van der Waals surface area contributed by atoms with Gasteiger partial charge in [0.05, 0.1) is 29.5 Å². The van der Waals surface area contributed by atoms with Crippen molar-refractivity contribution in [1.29, 1.82) is 0 Å². The third kappa shape index (κ3) is 2.59. The second kappa shape index (κ2) is 5.24. The SMILES string of the molecule is COc1ccc(Cl)cc1NC1CS(=O)(=O)c2ccccc21. The Kier molecular flexibility index (Phi) is 3.55. The summed E-state index contributed by atoms with van der Waals surface area (Å²) in [6.45, 7) is 0. The van der Waals surface area contributed by atoms with Crippen molar-refractivity contribution in [3.63, 3.8) is 0 Å². The van der Waals surface area contributed by atoms with Crippen molar-refractivity contribution in [2.24, 2.45) is 0 Å². The lowest BCUT2D eigenvalue weighted by atomic mass is 10.1. The highest BCUT2D eigenvalue weighted by Gasteiger charge is 2.34. The normalized spacial score (nSPS) is 19.0. The number of fused-ring (bicyclic) bond motifs is 1. The molecule has 3 rings (SSSR count).